The number of ether oxygens (including phenoxy) is 1. The summed E-state index contributed by atoms with van der Waals surface area (Å²) in [7, 11) is 0. The smallest absolute Gasteiger partial charge is 0.0477 e. The maximum atomic E-state index is 5.30. The fraction of sp³-hybridized carbons (Fsp3) is 1.00. The maximum absolute atomic E-state index is 5.30. The van der Waals surface area contributed by atoms with Crippen molar-refractivity contribution in [3.8, 4) is 0 Å². The zero-order chi connectivity index (χ0) is 12.4. The van der Waals surface area contributed by atoms with Crippen LogP contribution in [0.4, 0.5) is 0 Å². The van der Waals surface area contributed by atoms with Crippen LogP contribution in [-0.4, -0.2) is 49.8 Å². The number of hydrogen-bond acceptors (Lipinski definition) is 3. The van der Waals surface area contributed by atoms with Gasteiger partial charge >= 0.3 is 0 Å². The zero-order valence-corrected chi connectivity index (χ0v) is 11.8. The quantitative estimate of drug-likeness (QED) is 0.582. The van der Waals surface area contributed by atoms with Gasteiger partial charge in [-0.05, 0) is 47.2 Å². The Morgan fingerprint density at radius 2 is 1.88 bits per heavy atom. The van der Waals surface area contributed by atoms with Crippen molar-refractivity contribution in [3.63, 3.8) is 0 Å². The van der Waals surface area contributed by atoms with Crippen molar-refractivity contribution in [1.29, 1.82) is 0 Å². The van der Waals surface area contributed by atoms with Crippen LogP contribution in [0.2, 0.25) is 0 Å². The molecule has 0 aliphatic heterocycles. The third kappa shape index (κ3) is 7.20. The van der Waals surface area contributed by atoms with Gasteiger partial charge < -0.3 is 10.1 Å². The minimum absolute atomic E-state index is 0.608. The first-order chi connectivity index (χ1) is 7.63. The Morgan fingerprint density at radius 3 is 2.38 bits per heavy atom. The largest absolute Gasteiger partial charge is 0.382 e. The summed E-state index contributed by atoms with van der Waals surface area (Å²) in [6.45, 7) is 16.0. The lowest BCUT2D eigenvalue weighted by Crippen LogP contribution is -2.44. The summed E-state index contributed by atoms with van der Waals surface area (Å²) >= 11 is 0. The van der Waals surface area contributed by atoms with Crippen LogP contribution in [0.25, 0.3) is 0 Å². The lowest BCUT2D eigenvalue weighted by atomic mass is 10.2. The molecule has 0 aromatic rings. The van der Waals surface area contributed by atoms with Crippen molar-refractivity contribution in [2.45, 2.75) is 53.1 Å². The highest BCUT2D eigenvalue weighted by Gasteiger charge is 2.13. The van der Waals surface area contributed by atoms with Crippen LogP contribution in [0.15, 0.2) is 0 Å². The molecule has 0 saturated carbocycles. The van der Waals surface area contributed by atoms with E-state index in [4.69, 9.17) is 4.74 Å². The number of hydrogen-bond donors (Lipinski definition) is 1. The van der Waals surface area contributed by atoms with Gasteiger partial charge in [-0.15, -0.1) is 0 Å². The molecule has 3 nitrogen and oxygen atoms in total. The number of rotatable bonds is 10. The SMILES string of the molecule is CCOCCCNCC(C)N(CC)C(C)C. The van der Waals surface area contributed by atoms with Crippen LogP contribution in [0.5, 0.6) is 0 Å². The summed E-state index contributed by atoms with van der Waals surface area (Å²) in [5, 5.41) is 3.49. The normalized spacial score (nSPS) is 13.7. The van der Waals surface area contributed by atoms with Crippen molar-refractivity contribution in [3.05, 3.63) is 0 Å². The highest BCUT2D eigenvalue weighted by molar-refractivity contribution is 4.71. The second-order valence-electron chi connectivity index (χ2n) is 4.53. The van der Waals surface area contributed by atoms with Gasteiger partial charge in [0.05, 0.1) is 0 Å². The first kappa shape index (κ1) is 15.9. The molecule has 1 N–H and O–H groups in total. The van der Waals surface area contributed by atoms with E-state index in [0.717, 1.165) is 39.3 Å². The third-order valence-electron chi connectivity index (χ3n) is 2.88. The molecule has 0 fully saturated rings. The van der Waals surface area contributed by atoms with Gasteiger partial charge in [0, 0.05) is 31.8 Å². The number of nitrogens with one attached hydrogen (secondary N) is 1. The molecular weight excluding hydrogens is 200 g/mol. The van der Waals surface area contributed by atoms with E-state index in [0.29, 0.717) is 12.1 Å². The predicted octanol–water partition coefficient (Wildman–Crippen LogP) is 2.12. The van der Waals surface area contributed by atoms with E-state index in [2.05, 4.69) is 37.9 Å². The summed E-state index contributed by atoms with van der Waals surface area (Å²) in [5.41, 5.74) is 0. The Balaban J connectivity index is 3.52. The van der Waals surface area contributed by atoms with Crippen molar-refractivity contribution >= 4 is 0 Å². The Kier molecular flexibility index (Phi) is 9.99. The molecule has 0 bridgehead atoms. The molecule has 3 heteroatoms. The molecule has 98 valence electrons. The van der Waals surface area contributed by atoms with Crippen molar-refractivity contribution in [2.24, 2.45) is 0 Å². The molecule has 16 heavy (non-hydrogen) atoms. The van der Waals surface area contributed by atoms with Gasteiger partial charge in [0.15, 0.2) is 0 Å². The van der Waals surface area contributed by atoms with Gasteiger partial charge in [-0.25, -0.2) is 0 Å². The van der Waals surface area contributed by atoms with Gasteiger partial charge in [-0.2, -0.15) is 0 Å². The lowest BCUT2D eigenvalue weighted by Gasteiger charge is -2.31. The summed E-state index contributed by atoms with van der Waals surface area (Å²) < 4.78 is 5.30. The van der Waals surface area contributed by atoms with E-state index in [1.54, 1.807) is 0 Å². The minimum atomic E-state index is 0.608. The molecule has 0 amide bonds. The van der Waals surface area contributed by atoms with Gasteiger partial charge in [0.2, 0.25) is 0 Å². The summed E-state index contributed by atoms with van der Waals surface area (Å²) in [6.07, 6.45) is 1.11. The molecule has 0 saturated heterocycles. The molecule has 1 unspecified atom stereocenters. The van der Waals surface area contributed by atoms with Gasteiger partial charge in [-0.3, -0.25) is 4.90 Å². The Bertz CT molecular complexity index is 151. The molecule has 1 atom stereocenters. The molecule has 0 rings (SSSR count). The summed E-state index contributed by atoms with van der Waals surface area (Å²) in [4.78, 5) is 2.51. The molecule has 0 aromatic carbocycles. The van der Waals surface area contributed by atoms with E-state index < -0.39 is 0 Å². The van der Waals surface area contributed by atoms with Crippen LogP contribution in [0.3, 0.4) is 0 Å². The lowest BCUT2D eigenvalue weighted by molar-refractivity contribution is 0.141. The highest BCUT2D eigenvalue weighted by Crippen LogP contribution is 2.03. The van der Waals surface area contributed by atoms with Crippen LogP contribution in [0.1, 0.15) is 41.0 Å². The Hall–Kier alpha value is -0.120. The topological polar surface area (TPSA) is 24.5 Å². The van der Waals surface area contributed by atoms with Crippen LogP contribution in [0, 0.1) is 0 Å². The van der Waals surface area contributed by atoms with E-state index >= 15 is 0 Å². The standard InChI is InChI=1S/C13H30N2O/c1-6-15(12(3)4)13(5)11-14-9-8-10-16-7-2/h12-14H,6-11H2,1-5H3. The van der Waals surface area contributed by atoms with Gasteiger partial charge in [0.25, 0.3) is 0 Å². The molecular formula is C13H30N2O. The highest BCUT2D eigenvalue weighted by atomic mass is 16.5. The minimum Gasteiger partial charge on any atom is -0.382 e. The van der Waals surface area contributed by atoms with Gasteiger partial charge in [-0.1, -0.05) is 6.92 Å². The molecule has 0 heterocycles. The van der Waals surface area contributed by atoms with Gasteiger partial charge in [0.1, 0.15) is 0 Å². The predicted molar refractivity (Wildman–Crippen MR) is 71.0 cm³/mol. The number of nitrogens with zero attached hydrogens (tertiary/aromatic N) is 1. The van der Waals surface area contributed by atoms with E-state index in [1.807, 2.05) is 6.92 Å². The van der Waals surface area contributed by atoms with E-state index in [-0.39, 0.29) is 0 Å². The maximum Gasteiger partial charge on any atom is 0.0477 e. The fourth-order valence-corrected chi connectivity index (χ4v) is 2.06. The Labute approximate surface area is 102 Å². The number of likely N-dealkylation sites (N-methyl/N-ethyl adjacent to an activating group) is 1. The fourth-order valence-electron chi connectivity index (χ4n) is 2.06. The first-order valence-corrected chi connectivity index (χ1v) is 6.67. The molecule has 0 aromatic heterocycles. The second-order valence-corrected chi connectivity index (χ2v) is 4.53. The monoisotopic (exact) mass is 230 g/mol. The average molecular weight is 230 g/mol. The third-order valence-corrected chi connectivity index (χ3v) is 2.88. The Morgan fingerprint density at radius 1 is 1.19 bits per heavy atom. The van der Waals surface area contributed by atoms with Crippen molar-refractivity contribution in [1.82, 2.24) is 10.2 Å². The van der Waals surface area contributed by atoms with E-state index in [1.165, 1.54) is 0 Å². The molecule has 0 aliphatic carbocycles. The van der Waals surface area contributed by atoms with Crippen molar-refractivity contribution < 1.29 is 4.74 Å². The van der Waals surface area contributed by atoms with Crippen LogP contribution in [-0.2, 0) is 4.74 Å². The zero-order valence-electron chi connectivity index (χ0n) is 11.8. The molecule has 0 aliphatic rings. The summed E-state index contributed by atoms with van der Waals surface area (Å²) in [5.74, 6) is 0. The van der Waals surface area contributed by atoms with Crippen LogP contribution >= 0.6 is 0 Å². The molecule has 0 spiro atoms. The summed E-state index contributed by atoms with van der Waals surface area (Å²) in [6, 6.07) is 1.24. The second kappa shape index (κ2) is 10.1. The van der Waals surface area contributed by atoms with Crippen molar-refractivity contribution in [2.75, 3.05) is 32.8 Å². The first-order valence-electron chi connectivity index (χ1n) is 6.67. The van der Waals surface area contributed by atoms with E-state index in [9.17, 15) is 0 Å². The van der Waals surface area contributed by atoms with Crippen LogP contribution < -0.4 is 5.32 Å². The average Bonchev–Trinajstić information content (AvgIpc) is 2.23. The molecule has 0 radical (unpaired) electrons.